The van der Waals surface area contributed by atoms with Crippen molar-refractivity contribution in [2.45, 2.75) is 38.8 Å². The van der Waals surface area contributed by atoms with Gasteiger partial charge in [-0.25, -0.2) is 0 Å². The fourth-order valence-electron chi connectivity index (χ4n) is 3.93. The second-order valence-electron chi connectivity index (χ2n) is 7.54. The summed E-state index contributed by atoms with van der Waals surface area (Å²) in [4.78, 5) is 15.0. The first-order chi connectivity index (χ1) is 14.2. The average Bonchev–Trinajstić information content (AvgIpc) is 3.25. The molecule has 1 aromatic heterocycles. The number of fused-ring (bicyclic) bond motifs is 1. The van der Waals surface area contributed by atoms with Crippen LogP contribution < -0.4 is 10.1 Å². The van der Waals surface area contributed by atoms with Crippen molar-refractivity contribution >= 4 is 16.7 Å². The number of hydrogen-bond acceptors (Lipinski definition) is 4. The largest absolute Gasteiger partial charge is 0.486 e. The molecule has 29 heavy (non-hydrogen) atoms. The van der Waals surface area contributed by atoms with Gasteiger partial charge in [0, 0.05) is 12.6 Å². The minimum Gasteiger partial charge on any atom is -0.486 e. The Balaban J connectivity index is 1.41. The Morgan fingerprint density at radius 2 is 1.90 bits per heavy atom. The molecular formula is C24H28N2O3. The molecule has 152 valence electrons. The summed E-state index contributed by atoms with van der Waals surface area (Å²) in [5, 5.41) is 5.68. The standard InChI is InChI=1S/C24H28N2O3/c1-2-15-26(20-11-13-25-14-12-20)24(27)23-10-9-22(29-23)17-28-21-8-7-18-5-3-4-6-19(18)16-21/h3-10,16,20,25H,2,11-15,17H2,1H3. The Kier molecular flexibility index (Phi) is 6.15. The quantitative estimate of drug-likeness (QED) is 0.638. The van der Waals surface area contributed by atoms with Crippen LogP contribution in [-0.4, -0.2) is 36.5 Å². The maximum absolute atomic E-state index is 13.0. The number of carbonyl (C=O) groups excluding carboxylic acids is 1. The van der Waals surface area contributed by atoms with Crippen LogP contribution in [0.1, 0.15) is 42.5 Å². The van der Waals surface area contributed by atoms with E-state index >= 15 is 0 Å². The van der Waals surface area contributed by atoms with Gasteiger partial charge in [-0.05, 0) is 67.4 Å². The van der Waals surface area contributed by atoms with Crippen molar-refractivity contribution in [3.63, 3.8) is 0 Å². The van der Waals surface area contributed by atoms with Gasteiger partial charge in [-0.2, -0.15) is 0 Å². The Hall–Kier alpha value is -2.79. The number of nitrogens with one attached hydrogen (secondary N) is 1. The molecule has 5 nitrogen and oxygen atoms in total. The number of amides is 1. The van der Waals surface area contributed by atoms with Gasteiger partial charge in [0.25, 0.3) is 5.91 Å². The molecule has 1 N–H and O–H groups in total. The molecule has 1 fully saturated rings. The molecule has 0 atom stereocenters. The summed E-state index contributed by atoms with van der Waals surface area (Å²) in [6.07, 6.45) is 2.92. The number of rotatable bonds is 7. The summed E-state index contributed by atoms with van der Waals surface area (Å²) in [7, 11) is 0. The van der Waals surface area contributed by atoms with E-state index in [-0.39, 0.29) is 11.9 Å². The molecule has 1 amide bonds. The molecule has 4 rings (SSSR count). The van der Waals surface area contributed by atoms with Crippen LogP contribution in [0.15, 0.2) is 59.0 Å². The summed E-state index contributed by atoms with van der Waals surface area (Å²) in [5.74, 6) is 1.82. The van der Waals surface area contributed by atoms with Gasteiger partial charge in [-0.3, -0.25) is 4.79 Å². The van der Waals surface area contributed by atoms with Gasteiger partial charge in [-0.1, -0.05) is 37.3 Å². The Morgan fingerprint density at radius 3 is 2.69 bits per heavy atom. The molecule has 5 heteroatoms. The van der Waals surface area contributed by atoms with Crippen LogP contribution in [0.5, 0.6) is 5.75 Å². The summed E-state index contributed by atoms with van der Waals surface area (Å²) in [5.41, 5.74) is 0. The van der Waals surface area contributed by atoms with Crippen LogP contribution in [0.25, 0.3) is 10.8 Å². The maximum atomic E-state index is 13.0. The lowest BCUT2D eigenvalue weighted by Gasteiger charge is -2.34. The number of benzene rings is 2. The van der Waals surface area contributed by atoms with E-state index in [0.29, 0.717) is 18.1 Å². The van der Waals surface area contributed by atoms with E-state index in [0.717, 1.165) is 50.0 Å². The topological polar surface area (TPSA) is 54.7 Å². The highest BCUT2D eigenvalue weighted by atomic mass is 16.5. The van der Waals surface area contributed by atoms with Crippen molar-refractivity contribution in [2.24, 2.45) is 0 Å². The second-order valence-corrected chi connectivity index (χ2v) is 7.54. The molecule has 0 unspecified atom stereocenters. The van der Waals surface area contributed by atoms with Crippen molar-refractivity contribution in [1.29, 1.82) is 0 Å². The third kappa shape index (κ3) is 4.62. The summed E-state index contributed by atoms with van der Waals surface area (Å²) in [6, 6.07) is 18.1. The van der Waals surface area contributed by atoms with E-state index in [2.05, 4.69) is 24.4 Å². The number of nitrogens with zero attached hydrogens (tertiary/aromatic N) is 1. The first-order valence-electron chi connectivity index (χ1n) is 10.5. The third-order valence-corrected chi connectivity index (χ3v) is 5.45. The van der Waals surface area contributed by atoms with E-state index in [4.69, 9.17) is 9.15 Å². The Labute approximate surface area is 171 Å². The highest BCUT2D eigenvalue weighted by molar-refractivity contribution is 5.91. The Morgan fingerprint density at radius 1 is 1.10 bits per heavy atom. The second kappa shape index (κ2) is 9.14. The van der Waals surface area contributed by atoms with Crippen molar-refractivity contribution in [3.8, 4) is 5.75 Å². The zero-order valence-electron chi connectivity index (χ0n) is 16.9. The van der Waals surface area contributed by atoms with E-state index in [1.807, 2.05) is 41.3 Å². The van der Waals surface area contributed by atoms with E-state index in [9.17, 15) is 4.79 Å². The average molecular weight is 392 g/mol. The van der Waals surface area contributed by atoms with Gasteiger partial charge in [-0.15, -0.1) is 0 Å². The van der Waals surface area contributed by atoms with Gasteiger partial charge in [0.2, 0.25) is 0 Å². The molecule has 0 aliphatic carbocycles. The fraction of sp³-hybridized carbons (Fsp3) is 0.375. The number of carbonyl (C=O) groups is 1. The monoisotopic (exact) mass is 392 g/mol. The van der Waals surface area contributed by atoms with Crippen LogP contribution in [0.3, 0.4) is 0 Å². The maximum Gasteiger partial charge on any atom is 0.289 e. The molecular weight excluding hydrogens is 364 g/mol. The molecule has 0 radical (unpaired) electrons. The molecule has 0 bridgehead atoms. The van der Waals surface area contributed by atoms with Crippen molar-refractivity contribution < 1.29 is 13.9 Å². The van der Waals surface area contributed by atoms with E-state index < -0.39 is 0 Å². The molecule has 2 aromatic carbocycles. The van der Waals surface area contributed by atoms with Gasteiger partial charge >= 0.3 is 0 Å². The first kappa shape index (κ1) is 19.5. The van der Waals surface area contributed by atoms with E-state index in [1.165, 1.54) is 5.39 Å². The number of piperidine rings is 1. The predicted molar refractivity (Wildman–Crippen MR) is 114 cm³/mol. The van der Waals surface area contributed by atoms with Crippen LogP contribution in [0, 0.1) is 0 Å². The molecule has 1 aliphatic rings. The molecule has 3 aromatic rings. The van der Waals surface area contributed by atoms with Gasteiger partial charge in [0.05, 0.1) is 0 Å². The molecule has 0 spiro atoms. The smallest absolute Gasteiger partial charge is 0.289 e. The zero-order valence-corrected chi connectivity index (χ0v) is 16.9. The predicted octanol–water partition coefficient (Wildman–Crippen LogP) is 4.62. The minimum atomic E-state index is -0.0179. The van der Waals surface area contributed by atoms with Crippen LogP contribution in [0.4, 0.5) is 0 Å². The van der Waals surface area contributed by atoms with Crippen molar-refractivity contribution in [3.05, 3.63) is 66.1 Å². The van der Waals surface area contributed by atoms with Gasteiger partial charge < -0.3 is 19.4 Å². The van der Waals surface area contributed by atoms with Crippen LogP contribution >= 0.6 is 0 Å². The lowest BCUT2D eigenvalue weighted by molar-refractivity contribution is 0.0606. The number of furan rings is 1. The van der Waals surface area contributed by atoms with Crippen molar-refractivity contribution in [1.82, 2.24) is 10.2 Å². The lowest BCUT2D eigenvalue weighted by atomic mass is 10.0. The SMILES string of the molecule is CCCN(C(=O)c1ccc(COc2ccc3ccccc3c2)o1)C1CCNCC1. The summed E-state index contributed by atoms with van der Waals surface area (Å²) < 4.78 is 11.7. The molecule has 1 saturated heterocycles. The van der Waals surface area contributed by atoms with Gasteiger partial charge in [0.1, 0.15) is 18.1 Å². The summed E-state index contributed by atoms with van der Waals surface area (Å²) >= 11 is 0. The Bertz CT molecular complexity index is 959. The van der Waals surface area contributed by atoms with Crippen molar-refractivity contribution in [2.75, 3.05) is 19.6 Å². The minimum absolute atomic E-state index is 0.0179. The van der Waals surface area contributed by atoms with Crippen LogP contribution in [-0.2, 0) is 6.61 Å². The summed E-state index contributed by atoms with van der Waals surface area (Å²) in [6.45, 7) is 5.08. The highest BCUT2D eigenvalue weighted by Crippen LogP contribution is 2.22. The molecule has 0 saturated carbocycles. The van der Waals surface area contributed by atoms with Gasteiger partial charge in [0.15, 0.2) is 5.76 Å². The van der Waals surface area contributed by atoms with E-state index in [1.54, 1.807) is 6.07 Å². The lowest BCUT2D eigenvalue weighted by Crippen LogP contribution is -2.46. The first-order valence-corrected chi connectivity index (χ1v) is 10.5. The normalized spacial score (nSPS) is 14.8. The molecule has 2 heterocycles. The zero-order chi connectivity index (χ0) is 20.1. The number of hydrogen-bond donors (Lipinski definition) is 1. The fourth-order valence-corrected chi connectivity index (χ4v) is 3.93. The molecule has 1 aliphatic heterocycles. The highest BCUT2D eigenvalue weighted by Gasteiger charge is 2.27. The van der Waals surface area contributed by atoms with Crippen LogP contribution in [0.2, 0.25) is 0 Å². The number of ether oxygens (including phenoxy) is 1. The third-order valence-electron chi connectivity index (χ3n) is 5.45.